The number of hydrogen-bond acceptors (Lipinski definition) is 3. The molecule has 0 saturated carbocycles. The molecule has 3 nitrogen and oxygen atoms in total. The van der Waals surface area contributed by atoms with Crippen LogP contribution in [0.4, 0.5) is 5.82 Å². The number of fused-ring (bicyclic) bond motifs is 4. The highest BCUT2D eigenvalue weighted by molar-refractivity contribution is 14.1. The molecule has 0 aromatic carbocycles. The molecule has 1 N–H and O–H groups in total. The molecule has 4 heterocycles. The average Bonchev–Trinajstić information content (AvgIpc) is 2.63. The summed E-state index contributed by atoms with van der Waals surface area (Å²) in [5, 5.41) is 3.62. The van der Waals surface area contributed by atoms with Gasteiger partial charge in [-0.2, -0.15) is 0 Å². The highest BCUT2D eigenvalue weighted by Gasteiger charge is 2.29. The van der Waals surface area contributed by atoms with Gasteiger partial charge < -0.3 is 10.2 Å². The van der Waals surface area contributed by atoms with Crippen molar-refractivity contribution in [3.8, 4) is 0 Å². The molecule has 16 heavy (non-hydrogen) atoms. The molecular weight excluding hydrogens is 313 g/mol. The molecule has 4 rings (SSSR count). The zero-order valence-corrected chi connectivity index (χ0v) is 11.4. The molecule has 2 unspecified atom stereocenters. The Balaban J connectivity index is 1.81. The first kappa shape index (κ1) is 10.8. The first-order chi connectivity index (χ1) is 7.81. The Labute approximate surface area is 110 Å². The van der Waals surface area contributed by atoms with E-state index in [0.29, 0.717) is 6.04 Å². The van der Waals surface area contributed by atoms with Crippen LogP contribution in [0, 0.1) is 9.49 Å². The molecule has 86 valence electrons. The summed E-state index contributed by atoms with van der Waals surface area (Å²) in [4.78, 5) is 6.97. The zero-order valence-electron chi connectivity index (χ0n) is 9.19. The lowest BCUT2D eigenvalue weighted by atomic mass is 9.97. The Kier molecular flexibility index (Phi) is 3.02. The molecule has 2 atom stereocenters. The van der Waals surface area contributed by atoms with E-state index in [9.17, 15) is 0 Å². The van der Waals surface area contributed by atoms with Gasteiger partial charge in [-0.25, -0.2) is 4.98 Å². The minimum Gasteiger partial charge on any atom is -0.355 e. The van der Waals surface area contributed by atoms with E-state index in [-0.39, 0.29) is 0 Å². The number of nitrogens with zero attached hydrogens (tertiary/aromatic N) is 2. The first-order valence-electron chi connectivity index (χ1n) is 5.91. The SMILES string of the molecule is Ic1ccc(N2CC3CCC(C2)NC3)nc1. The monoisotopic (exact) mass is 329 g/mol. The summed E-state index contributed by atoms with van der Waals surface area (Å²) in [5.41, 5.74) is 0. The second kappa shape index (κ2) is 4.49. The molecule has 3 saturated heterocycles. The molecule has 2 bridgehead atoms. The Morgan fingerprint density at radius 2 is 2.25 bits per heavy atom. The highest BCUT2D eigenvalue weighted by Crippen LogP contribution is 2.24. The van der Waals surface area contributed by atoms with Crippen LogP contribution in [0.1, 0.15) is 12.8 Å². The maximum absolute atomic E-state index is 4.53. The normalized spacial score (nSPS) is 29.2. The average molecular weight is 329 g/mol. The summed E-state index contributed by atoms with van der Waals surface area (Å²) in [6, 6.07) is 4.95. The maximum Gasteiger partial charge on any atom is 0.128 e. The number of halogens is 1. The Morgan fingerprint density at radius 3 is 2.94 bits per heavy atom. The lowest BCUT2D eigenvalue weighted by molar-refractivity contribution is 0.360. The summed E-state index contributed by atoms with van der Waals surface area (Å²) >= 11 is 2.30. The molecule has 0 amide bonds. The van der Waals surface area contributed by atoms with Crippen LogP contribution in [0.15, 0.2) is 18.3 Å². The van der Waals surface area contributed by atoms with Gasteiger partial charge in [-0.15, -0.1) is 0 Å². The van der Waals surface area contributed by atoms with Crippen molar-refractivity contribution in [2.24, 2.45) is 5.92 Å². The van der Waals surface area contributed by atoms with E-state index >= 15 is 0 Å². The van der Waals surface area contributed by atoms with Gasteiger partial charge in [0, 0.05) is 28.9 Å². The van der Waals surface area contributed by atoms with Gasteiger partial charge in [-0.05, 0) is 60.0 Å². The number of nitrogens with one attached hydrogen (secondary N) is 1. The Bertz CT molecular complexity index is 343. The van der Waals surface area contributed by atoms with Crippen molar-refractivity contribution in [1.82, 2.24) is 10.3 Å². The smallest absolute Gasteiger partial charge is 0.128 e. The molecule has 3 fully saturated rings. The van der Waals surface area contributed by atoms with Crippen molar-refractivity contribution in [2.45, 2.75) is 18.9 Å². The Morgan fingerprint density at radius 1 is 1.31 bits per heavy atom. The van der Waals surface area contributed by atoms with Crippen molar-refractivity contribution in [1.29, 1.82) is 0 Å². The summed E-state index contributed by atoms with van der Waals surface area (Å²) in [6.45, 7) is 3.46. The quantitative estimate of drug-likeness (QED) is 0.798. The number of pyridine rings is 1. The van der Waals surface area contributed by atoms with Crippen LogP contribution in [0.5, 0.6) is 0 Å². The molecule has 0 radical (unpaired) electrons. The highest BCUT2D eigenvalue weighted by atomic mass is 127. The van der Waals surface area contributed by atoms with Crippen molar-refractivity contribution in [3.63, 3.8) is 0 Å². The Hall–Kier alpha value is -0.360. The molecule has 0 aliphatic carbocycles. The number of piperidine rings is 1. The van der Waals surface area contributed by atoms with E-state index in [1.54, 1.807) is 0 Å². The molecule has 3 aliphatic heterocycles. The van der Waals surface area contributed by atoms with Crippen molar-refractivity contribution in [2.75, 3.05) is 24.5 Å². The van der Waals surface area contributed by atoms with Crippen molar-refractivity contribution >= 4 is 28.4 Å². The summed E-state index contributed by atoms with van der Waals surface area (Å²) in [7, 11) is 0. The number of anilines is 1. The number of rotatable bonds is 1. The molecule has 1 aromatic heterocycles. The number of aromatic nitrogens is 1. The third kappa shape index (κ3) is 2.18. The van der Waals surface area contributed by atoms with Crippen LogP contribution in [-0.2, 0) is 0 Å². The van der Waals surface area contributed by atoms with Crippen LogP contribution in [-0.4, -0.2) is 30.7 Å². The van der Waals surface area contributed by atoms with Crippen LogP contribution in [0.25, 0.3) is 0 Å². The minimum absolute atomic E-state index is 0.667. The van der Waals surface area contributed by atoms with Crippen LogP contribution < -0.4 is 10.2 Å². The standard InChI is InChI=1S/C12H16IN3/c13-10-2-4-12(15-6-10)16-7-9-1-3-11(8-16)14-5-9/h2,4,6,9,11,14H,1,3,5,7-8H2. The van der Waals surface area contributed by atoms with Gasteiger partial charge in [0.2, 0.25) is 0 Å². The molecule has 4 heteroatoms. The lowest BCUT2D eigenvalue weighted by Crippen LogP contribution is -2.39. The molecule has 1 aromatic rings. The van der Waals surface area contributed by atoms with Gasteiger partial charge in [0.05, 0.1) is 0 Å². The van der Waals surface area contributed by atoms with Gasteiger partial charge in [0.25, 0.3) is 0 Å². The summed E-state index contributed by atoms with van der Waals surface area (Å²) in [5.74, 6) is 1.95. The van der Waals surface area contributed by atoms with E-state index in [2.05, 4.69) is 49.9 Å². The van der Waals surface area contributed by atoms with E-state index in [1.165, 1.54) is 23.0 Å². The van der Waals surface area contributed by atoms with Crippen molar-refractivity contribution < 1.29 is 0 Å². The largest absolute Gasteiger partial charge is 0.355 e. The molecular formula is C12H16IN3. The van der Waals surface area contributed by atoms with Gasteiger partial charge in [-0.3, -0.25) is 0 Å². The van der Waals surface area contributed by atoms with Gasteiger partial charge in [-0.1, -0.05) is 0 Å². The fourth-order valence-electron chi connectivity index (χ4n) is 2.68. The van der Waals surface area contributed by atoms with Gasteiger partial charge in [0.15, 0.2) is 0 Å². The fraction of sp³-hybridized carbons (Fsp3) is 0.583. The minimum atomic E-state index is 0.667. The van der Waals surface area contributed by atoms with E-state index in [1.807, 2.05) is 6.20 Å². The second-order valence-electron chi connectivity index (χ2n) is 4.79. The zero-order chi connectivity index (χ0) is 11.0. The van der Waals surface area contributed by atoms with E-state index in [0.717, 1.165) is 24.8 Å². The summed E-state index contributed by atoms with van der Waals surface area (Å²) < 4.78 is 1.21. The van der Waals surface area contributed by atoms with Crippen LogP contribution in [0.3, 0.4) is 0 Å². The fourth-order valence-corrected chi connectivity index (χ4v) is 3.00. The third-order valence-electron chi connectivity index (χ3n) is 3.57. The number of hydrogen-bond donors (Lipinski definition) is 1. The van der Waals surface area contributed by atoms with Gasteiger partial charge >= 0.3 is 0 Å². The lowest BCUT2D eigenvalue weighted by Gasteiger charge is -2.23. The molecule has 3 aliphatic rings. The van der Waals surface area contributed by atoms with E-state index in [4.69, 9.17) is 0 Å². The van der Waals surface area contributed by atoms with Crippen molar-refractivity contribution in [3.05, 3.63) is 21.9 Å². The summed E-state index contributed by atoms with van der Waals surface area (Å²) in [6.07, 6.45) is 4.65. The molecule has 0 spiro atoms. The van der Waals surface area contributed by atoms with Gasteiger partial charge in [0.1, 0.15) is 5.82 Å². The maximum atomic E-state index is 4.53. The van der Waals surface area contributed by atoms with Crippen LogP contribution >= 0.6 is 22.6 Å². The predicted molar refractivity (Wildman–Crippen MR) is 73.7 cm³/mol. The topological polar surface area (TPSA) is 28.2 Å². The van der Waals surface area contributed by atoms with Crippen LogP contribution in [0.2, 0.25) is 0 Å². The van der Waals surface area contributed by atoms with E-state index < -0.39 is 0 Å². The second-order valence-corrected chi connectivity index (χ2v) is 6.03. The predicted octanol–water partition coefficient (Wildman–Crippen LogP) is 1.87. The third-order valence-corrected chi connectivity index (χ3v) is 4.21. The first-order valence-corrected chi connectivity index (χ1v) is 6.99.